The number of imide groups is 1. The van der Waals surface area contributed by atoms with E-state index in [4.69, 9.17) is 4.74 Å². The molecule has 0 radical (unpaired) electrons. The maximum atomic E-state index is 12.7. The molecule has 2 heterocycles. The van der Waals surface area contributed by atoms with Crippen LogP contribution in [0.3, 0.4) is 0 Å². The number of amides is 2. The van der Waals surface area contributed by atoms with Gasteiger partial charge in [-0.3, -0.25) is 19.3 Å². The number of esters is 1. The van der Waals surface area contributed by atoms with Gasteiger partial charge in [-0.1, -0.05) is 18.2 Å². The van der Waals surface area contributed by atoms with Crippen LogP contribution in [0.2, 0.25) is 0 Å². The molecule has 2 aliphatic rings. The van der Waals surface area contributed by atoms with Gasteiger partial charge < -0.3 is 4.74 Å². The van der Waals surface area contributed by atoms with Gasteiger partial charge in [0.2, 0.25) is 5.91 Å². The minimum absolute atomic E-state index is 0.103. The van der Waals surface area contributed by atoms with Crippen molar-refractivity contribution in [1.82, 2.24) is 4.90 Å². The third-order valence-corrected chi connectivity index (χ3v) is 4.64. The third-order valence-electron chi connectivity index (χ3n) is 4.64. The number of piperidine rings is 1. The Bertz CT molecular complexity index is 608. The third kappa shape index (κ3) is 2.99. The largest absolute Gasteiger partial charge is 0.469 e. The van der Waals surface area contributed by atoms with Gasteiger partial charge in [-0.2, -0.15) is 0 Å². The van der Waals surface area contributed by atoms with E-state index in [-0.39, 0.29) is 30.1 Å². The average Bonchev–Trinajstić information content (AvgIpc) is 2.89. The van der Waals surface area contributed by atoms with Crippen molar-refractivity contribution in [2.45, 2.75) is 25.3 Å². The Hall–Kier alpha value is -2.21. The summed E-state index contributed by atoms with van der Waals surface area (Å²) in [6.45, 7) is 1.26. The maximum Gasteiger partial charge on any atom is 0.308 e. The molecule has 2 fully saturated rings. The van der Waals surface area contributed by atoms with E-state index < -0.39 is 6.04 Å². The molecule has 6 heteroatoms. The fourth-order valence-electron chi connectivity index (χ4n) is 3.36. The van der Waals surface area contributed by atoms with Crippen molar-refractivity contribution in [2.24, 2.45) is 5.92 Å². The Morgan fingerprint density at radius 2 is 1.78 bits per heavy atom. The van der Waals surface area contributed by atoms with Gasteiger partial charge in [0.1, 0.15) is 0 Å². The Morgan fingerprint density at radius 1 is 1.13 bits per heavy atom. The van der Waals surface area contributed by atoms with E-state index >= 15 is 0 Å². The summed E-state index contributed by atoms with van der Waals surface area (Å²) in [5, 5.41) is 0. The van der Waals surface area contributed by atoms with Crippen LogP contribution in [0.5, 0.6) is 0 Å². The molecule has 0 N–H and O–H groups in total. The van der Waals surface area contributed by atoms with Gasteiger partial charge in [0, 0.05) is 0 Å². The minimum Gasteiger partial charge on any atom is -0.469 e. The number of ether oxygens (including phenoxy) is 1. The van der Waals surface area contributed by atoms with Crippen LogP contribution in [0.15, 0.2) is 30.3 Å². The summed E-state index contributed by atoms with van der Waals surface area (Å²) in [6.07, 6.45) is 1.53. The van der Waals surface area contributed by atoms with Crippen molar-refractivity contribution in [3.63, 3.8) is 0 Å². The zero-order chi connectivity index (χ0) is 16.4. The molecule has 1 aromatic rings. The number of rotatable bonds is 3. The number of benzene rings is 1. The van der Waals surface area contributed by atoms with E-state index in [9.17, 15) is 14.4 Å². The highest BCUT2D eigenvalue weighted by molar-refractivity contribution is 6.22. The molecular weight excluding hydrogens is 296 g/mol. The van der Waals surface area contributed by atoms with E-state index in [1.54, 1.807) is 12.1 Å². The Kier molecular flexibility index (Phi) is 4.43. The van der Waals surface area contributed by atoms with Crippen LogP contribution in [0.25, 0.3) is 0 Å². The molecule has 1 atom stereocenters. The average molecular weight is 316 g/mol. The lowest BCUT2D eigenvalue weighted by Crippen LogP contribution is -2.46. The molecule has 0 aliphatic carbocycles. The number of nitrogens with zero attached hydrogens (tertiary/aromatic N) is 2. The Morgan fingerprint density at radius 3 is 2.39 bits per heavy atom. The summed E-state index contributed by atoms with van der Waals surface area (Å²) in [5.74, 6) is -0.628. The molecule has 23 heavy (non-hydrogen) atoms. The first kappa shape index (κ1) is 15.7. The first-order valence-corrected chi connectivity index (χ1v) is 7.85. The molecule has 0 aromatic heterocycles. The van der Waals surface area contributed by atoms with Crippen molar-refractivity contribution in [1.29, 1.82) is 0 Å². The smallest absolute Gasteiger partial charge is 0.308 e. The second-order valence-corrected chi connectivity index (χ2v) is 5.96. The lowest BCUT2D eigenvalue weighted by atomic mass is 9.95. The second-order valence-electron chi connectivity index (χ2n) is 5.96. The summed E-state index contributed by atoms with van der Waals surface area (Å²) >= 11 is 0. The van der Waals surface area contributed by atoms with Crippen LogP contribution in [0.1, 0.15) is 19.3 Å². The number of carbonyl (C=O) groups is 3. The van der Waals surface area contributed by atoms with Gasteiger partial charge in [-0.15, -0.1) is 0 Å². The summed E-state index contributed by atoms with van der Waals surface area (Å²) in [5.41, 5.74) is 0.620. The molecule has 2 saturated heterocycles. The zero-order valence-electron chi connectivity index (χ0n) is 13.1. The number of hydrogen-bond acceptors (Lipinski definition) is 5. The molecule has 0 saturated carbocycles. The molecular formula is C17H20N2O4. The fraction of sp³-hybridized carbons (Fsp3) is 0.471. The normalized spacial score (nSPS) is 23.3. The molecule has 2 aliphatic heterocycles. The first-order chi connectivity index (χ1) is 11.1. The van der Waals surface area contributed by atoms with Gasteiger partial charge in [-0.05, 0) is 38.1 Å². The summed E-state index contributed by atoms with van der Waals surface area (Å²) in [6, 6.07) is 8.59. The van der Waals surface area contributed by atoms with Crippen LogP contribution in [-0.4, -0.2) is 48.9 Å². The van der Waals surface area contributed by atoms with E-state index in [1.165, 1.54) is 12.0 Å². The summed E-state index contributed by atoms with van der Waals surface area (Å²) in [7, 11) is 1.39. The van der Waals surface area contributed by atoms with E-state index in [0.717, 1.165) is 0 Å². The SMILES string of the molecule is COC(=O)C1CCN([C@H]2CC(=O)N(c3ccccc3)C2=O)CC1. The molecule has 0 bridgehead atoms. The number of para-hydroxylation sites is 1. The predicted octanol–water partition coefficient (Wildman–Crippen LogP) is 1.20. The summed E-state index contributed by atoms with van der Waals surface area (Å²) < 4.78 is 4.78. The van der Waals surface area contributed by atoms with Crippen molar-refractivity contribution in [2.75, 3.05) is 25.1 Å². The van der Waals surface area contributed by atoms with Gasteiger partial charge in [0.25, 0.3) is 5.91 Å². The lowest BCUT2D eigenvalue weighted by Gasteiger charge is -2.33. The highest BCUT2D eigenvalue weighted by Crippen LogP contribution is 2.28. The van der Waals surface area contributed by atoms with Crippen LogP contribution in [-0.2, 0) is 19.1 Å². The number of anilines is 1. The monoisotopic (exact) mass is 316 g/mol. The Balaban J connectivity index is 1.68. The standard InChI is InChI=1S/C17H20N2O4/c1-23-17(22)12-7-9-18(10-8-12)14-11-15(20)19(16(14)21)13-5-3-2-4-6-13/h2-6,12,14H,7-11H2,1H3/t14-/m0/s1. The second kappa shape index (κ2) is 6.50. The molecule has 0 unspecified atom stereocenters. The summed E-state index contributed by atoms with van der Waals surface area (Å²) in [4.78, 5) is 39.8. The van der Waals surface area contributed by atoms with Crippen molar-refractivity contribution >= 4 is 23.5 Å². The van der Waals surface area contributed by atoms with Crippen molar-refractivity contribution in [3.05, 3.63) is 30.3 Å². The van der Waals surface area contributed by atoms with E-state index in [0.29, 0.717) is 31.6 Å². The number of carbonyl (C=O) groups excluding carboxylic acids is 3. The highest BCUT2D eigenvalue weighted by Gasteiger charge is 2.43. The zero-order valence-corrected chi connectivity index (χ0v) is 13.1. The maximum absolute atomic E-state index is 12.7. The minimum atomic E-state index is -0.415. The van der Waals surface area contributed by atoms with Crippen LogP contribution < -0.4 is 4.90 Å². The van der Waals surface area contributed by atoms with Gasteiger partial charge >= 0.3 is 5.97 Å². The van der Waals surface area contributed by atoms with E-state index in [1.807, 2.05) is 23.1 Å². The highest BCUT2D eigenvalue weighted by atomic mass is 16.5. The topological polar surface area (TPSA) is 66.9 Å². The molecule has 122 valence electrons. The van der Waals surface area contributed by atoms with Crippen LogP contribution in [0, 0.1) is 5.92 Å². The number of hydrogen-bond donors (Lipinski definition) is 0. The van der Waals surface area contributed by atoms with Crippen molar-refractivity contribution < 1.29 is 19.1 Å². The molecule has 3 rings (SSSR count). The number of likely N-dealkylation sites (tertiary alicyclic amines) is 1. The predicted molar refractivity (Wildman–Crippen MR) is 83.7 cm³/mol. The van der Waals surface area contributed by atoms with Gasteiger partial charge in [-0.25, -0.2) is 4.90 Å². The van der Waals surface area contributed by atoms with E-state index in [2.05, 4.69) is 0 Å². The van der Waals surface area contributed by atoms with Gasteiger partial charge in [0.05, 0.1) is 31.2 Å². The Labute approximate surface area is 135 Å². The molecule has 1 aromatic carbocycles. The first-order valence-electron chi connectivity index (χ1n) is 7.85. The quantitative estimate of drug-likeness (QED) is 0.619. The molecule has 6 nitrogen and oxygen atoms in total. The van der Waals surface area contributed by atoms with Crippen molar-refractivity contribution in [3.8, 4) is 0 Å². The lowest BCUT2D eigenvalue weighted by molar-refractivity contribution is -0.147. The van der Waals surface area contributed by atoms with Gasteiger partial charge in [0.15, 0.2) is 0 Å². The fourth-order valence-corrected chi connectivity index (χ4v) is 3.36. The number of methoxy groups -OCH3 is 1. The molecule has 0 spiro atoms. The van der Waals surface area contributed by atoms with Crippen LogP contribution in [0.4, 0.5) is 5.69 Å². The molecule has 2 amide bonds. The van der Waals surface area contributed by atoms with Crippen LogP contribution >= 0.6 is 0 Å².